The van der Waals surface area contributed by atoms with Crippen LogP contribution in [0.2, 0.25) is 0 Å². The Morgan fingerprint density at radius 2 is 2.36 bits per heavy atom. The lowest BCUT2D eigenvalue weighted by atomic mass is 10.3. The number of ether oxygens (including phenoxy) is 2. The summed E-state index contributed by atoms with van der Waals surface area (Å²) in [4.78, 5) is 10.8. The van der Waals surface area contributed by atoms with E-state index in [1.807, 2.05) is 0 Å². The number of carbonyl (C=O) groups excluding carboxylic acids is 1. The molecule has 11 heavy (non-hydrogen) atoms. The number of thiocarbonyl (C=S) groups is 1. The van der Waals surface area contributed by atoms with E-state index in [9.17, 15) is 4.79 Å². The molecule has 0 saturated heterocycles. The molecule has 0 aromatic rings. The second kappa shape index (κ2) is 6.09. The SMILES string of the molecule is CCOC(=O)C[C@@H](C)OC=S. The van der Waals surface area contributed by atoms with Crippen molar-refractivity contribution in [2.24, 2.45) is 0 Å². The molecule has 0 aromatic carbocycles. The van der Waals surface area contributed by atoms with E-state index in [0.29, 0.717) is 6.61 Å². The van der Waals surface area contributed by atoms with Crippen LogP contribution in [0.15, 0.2) is 0 Å². The summed E-state index contributed by atoms with van der Waals surface area (Å²) in [6.07, 6.45) is 0.0626. The lowest BCUT2D eigenvalue weighted by Gasteiger charge is -2.08. The van der Waals surface area contributed by atoms with Gasteiger partial charge in [0.15, 0.2) is 0 Å². The highest BCUT2D eigenvalue weighted by Gasteiger charge is 2.08. The third-order valence-electron chi connectivity index (χ3n) is 1.05. The summed E-state index contributed by atoms with van der Waals surface area (Å²) in [7, 11) is 0. The van der Waals surface area contributed by atoms with Crippen molar-refractivity contribution in [3.8, 4) is 0 Å². The smallest absolute Gasteiger partial charge is 0.309 e. The van der Waals surface area contributed by atoms with Crippen molar-refractivity contribution >= 4 is 23.7 Å². The highest BCUT2D eigenvalue weighted by Crippen LogP contribution is 1.97. The molecule has 0 N–H and O–H groups in total. The molecular weight excluding hydrogens is 164 g/mol. The molecule has 0 bridgehead atoms. The highest BCUT2D eigenvalue weighted by atomic mass is 32.1. The van der Waals surface area contributed by atoms with Crippen molar-refractivity contribution in [1.29, 1.82) is 0 Å². The van der Waals surface area contributed by atoms with Gasteiger partial charge in [-0.25, -0.2) is 0 Å². The number of rotatable bonds is 5. The van der Waals surface area contributed by atoms with Gasteiger partial charge in [0.05, 0.1) is 13.0 Å². The fourth-order valence-corrected chi connectivity index (χ4v) is 0.787. The molecule has 0 saturated carbocycles. The van der Waals surface area contributed by atoms with Gasteiger partial charge in [0.1, 0.15) is 11.7 Å². The summed E-state index contributed by atoms with van der Waals surface area (Å²) < 4.78 is 9.54. The minimum Gasteiger partial charge on any atom is -0.486 e. The number of hydrogen-bond acceptors (Lipinski definition) is 4. The van der Waals surface area contributed by atoms with Crippen molar-refractivity contribution in [3.63, 3.8) is 0 Å². The summed E-state index contributed by atoms with van der Waals surface area (Å²) in [6.45, 7) is 3.94. The zero-order valence-electron chi connectivity index (χ0n) is 6.70. The predicted octanol–water partition coefficient (Wildman–Crippen LogP) is 1.30. The molecule has 0 amide bonds. The van der Waals surface area contributed by atoms with Crippen LogP contribution < -0.4 is 0 Å². The molecule has 0 fully saturated rings. The molecular formula is C7H12O3S. The Kier molecular flexibility index (Phi) is 5.74. The van der Waals surface area contributed by atoms with Crippen LogP contribution in [-0.2, 0) is 14.3 Å². The largest absolute Gasteiger partial charge is 0.486 e. The predicted molar refractivity (Wildman–Crippen MR) is 45.5 cm³/mol. The van der Waals surface area contributed by atoms with Crippen LogP contribution in [0.25, 0.3) is 0 Å². The van der Waals surface area contributed by atoms with E-state index in [2.05, 4.69) is 12.2 Å². The molecule has 4 heteroatoms. The third kappa shape index (κ3) is 5.79. The summed E-state index contributed by atoms with van der Waals surface area (Å²) in [5.41, 5.74) is 1.16. The minimum atomic E-state index is -0.253. The van der Waals surface area contributed by atoms with E-state index in [1.54, 1.807) is 13.8 Å². The van der Waals surface area contributed by atoms with Crippen molar-refractivity contribution in [2.75, 3.05) is 6.61 Å². The van der Waals surface area contributed by atoms with E-state index >= 15 is 0 Å². The second-order valence-electron chi connectivity index (χ2n) is 2.05. The topological polar surface area (TPSA) is 35.5 Å². The maximum absolute atomic E-state index is 10.8. The first kappa shape index (κ1) is 10.4. The molecule has 1 atom stereocenters. The Hall–Kier alpha value is -0.640. The normalized spacial score (nSPS) is 11.8. The van der Waals surface area contributed by atoms with Crippen LogP contribution in [0.4, 0.5) is 0 Å². The first-order chi connectivity index (χ1) is 5.20. The molecule has 0 unspecified atom stereocenters. The van der Waals surface area contributed by atoms with Crippen molar-refractivity contribution in [3.05, 3.63) is 0 Å². The van der Waals surface area contributed by atoms with Crippen LogP contribution in [-0.4, -0.2) is 24.2 Å². The zero-order valence-corrected chi connectivity index (χ0v) is 7.52. The summed E-state index contributed by atoms with van der Waals surface area (Å²) in [6, 6.07) is 0. The minimum absolute atomic E-state index is 0.188. The standard InChI is InChI=1S/C7H12O3S/c1-3-9-7(8)4-6(2)10-5-11/h5-6H,3-4H2,1-2H3/t6-/m1/s1. The average Bonchev–Trinajstić information content (AvgIpc) is 1.87. The molecule has 0 rings (SSSR count). The molecule has 64 valence electrons. The van der Waals surface area contributed by atoms with Crippen LogP contribution in [0.5, 0.6) is 0 Å². The van der Waals surface area contributed by atoms with E-state index in [1.165, 1.54) is 0 Å². The van der Waals surface area contributed by atoms with Gasteiger partial charge in [0.25, 0.3) is 0 Å². The van der Waals surface area contributed by atoms with Gasteiger partial charge < -0.3 is 9.47 Å². The fraction of sp³-hybridized carbons (Fsp3) is 0.714. The van der Waals surface area contributed by atoms with Gasteiger partial charge in [-0.2, -0.15) is 0 Å². The van der Waals surface area contributed by atoms with Gasteiger partial charge in [-0.15, -0.1) is 0 Å². The maximum atomic E-state index is 10.8. The van der Waals surface area contributed by atoms with Gasteiger partial charge in [-0.1, -0.05) is 0 Å². The molecule has 0 heterocycles. The number of hydrogen-bond donors (Lipinski definition) is 0. The summed E-state index contributed by atoms with van der Waals surface area (Å²) >= 11 is 4.45. The number of carbonyl (C=O) groups is 1. The van der Waals surface area contributed by atoms with Crippen molar-refractivity contribution < 1.29 is 14.3 Å². The molecule has 0 aliphatic rings. The van der Waals surface area contributed by atoms with Gasteiger partial charge in [0, 0.05) is 0 Å². The Bertz CT molecular complexity index is 136. The second-order valence-corrected chi connectivity index (χ2v) is 2.24. The Labute approximate surface area is 71.7 Å². The lowest BCUT2D eigenvalue weighted by molar-refractivity contribution is -0.144. The zero-order chi connectivity index (χ0) is 8.69. The van der Waals surface area contributed by atoms with Crippen molar-refractivity contribution in [2.45, 2.75) is 26.4 Å². The number of esters is 1. The summed E-state index contributed by atoms with van der Waals surface area (Å²) in [5, 5.41) is 0. The third-order valence-corrected chi connectivity index (χ3v) is 1.16. The molecule has 0 radical (unpaired) electrons. The monoisotopic (exact) mass is 176 g/mol. The quantitative estimate of drug-likeness (QED) is 0.467. The van der Waals surface area contributed by atoms with Crippen molar-refractivity contribution in [1.82, 2.24) is 0 Å². The first-order valence-electron chi connectivity index (χ1n) is 3.45. The highest BCUT2D eigenvalue weighted by molar-refractivity contribution is 7.78. The van der Waals surface area contributed by atoms with Crippen LogP contribution in [0, 0.1) is 0 Å². The lowest BCUT2D eigenvalue weighted by Crippen LogP contribution is -2.15. The molecule has 0 aliphatic heterocycles. The van der Waals surface area contributed by atoms with Crippen LogP contribution in [0.1, 0.15) is 20.3 Å². The van der Waals surface area contributed by atoms with Crippen LogP contribution in [0.3, 0.4) is 0 Å². The Morgan fingerprint density at radius 1 is 1.73 bits per heavy atom. The van der Waals surface area contributed by atoms with E-state index in [4.69, 9.17) is 9.47 Å². The van der Waals surface area contributed by atoms with E-state index in [0.717, 1.165) is 5.55 Å². The molecule has 0 spiro atoms. The molecule has 0 aliphatic carbocycles. The van der Waals surface area contributed by atoms with E-state index in [-0.39, 0.29) is 18.5 Å². The average molecular weight is 176 g/mol. The van der Waals surface area contributed by atoms with Gasteiger partial charge in [-0.3, -0.25) is 4.79 Å². The Balaban J connectivity index is 3.48. The Morgan fingerprint density at radius 3 is 2.82 bits per heavy atom. The van der Waals surface area contributed by atoms with E-state index < -0.39 is 0 Å². The summed E-state index contributed by atoms with van der Waals surface area (Å²) in [5.74, 6) is -0.253. The fourth-order valence-electron chi connectivity index (χ4n) is 0.598. The molecule has 0 aromatic heterocycles. The van der Waals surface area contributed by atoms with Gasteiger partial charge in [0.2, 0.25) is 0 Å². The van der Waals surface area contributed by atoms with Gasteiger partial charge >= 0.3 is 5.97 Å². The van der Waals surface area contributed by atoms with Gasteiger partial charge in [-0.05, 0) is 26.1 Å². The van der Waals surface area contributed by atoms with Crippen LogP contribution >= 0.6 is 12.2 Å². The first-order valence-corrected chi connectivity index (χ1v) is 3.92. The maximum Gasteiger partial charge on any atom is 0.309 e. The molecule has 3 nitrogen and oxygen atoms in total.